The van der Waals surface area contributed by atoms with E-state index in [-0.39, 0.29) is 12.7 Å². The second-order valence-corrected chi connectivity index (χ2v) is 10.8. The molecule has 2 heterocycles. The van der Waals surface area contributed by atoms with E-state index in [4.69, 9.17) is 44.8 Å². The number of rotatable bonds is 11. The van der Waals surface area contributed by atoms with Gasteiger partial charge in [-0.3, -0.25) is 19.2 Å². The summed E-state index contributed by atoms with van der Waals surface area (Å²) in [5.41, 5.74) is 2.19. The smallest absolute Gasteiger partial charge is 0.303 e. The number of ether oxygens (including phenoxy) is 7. The van der Waals surface area contributed by atoms with Gasteiger partial charge >= 0.3 is 23.9 Å². The average Bonchev–Trinajstić information content (AvgIpc) is 3.56. The van der Waals surface area contributed by atoms with E-state index in [0.717, 1.165) is 17.7 Å². The molecule has 0 saturated carbocycles. The quantitative estimate of drug-likeness (QED) is 0.268. The average molecular weight is 619 g/mol. The summed E-state index contributed by atoms with van der Waals surface area (Å²) < 4.78 is 39.5. The Hall–Kier alpha value is -3.67. The number of carbonyl (C=O) groups excluding carboxylic acids is 4. The van der Waals surface area contributed by atoms with Crippen molar-refractivity contribution in [2.75, 3.05) is 19.8 Å². The fourth-order valence-corrected chi connectivity index (χ4v) is 5.45. The number of benzene rings is 2. The van der Waals surface area contributed by atoms with Gasteiger partial charge in [0.1, 0.15) is 30.7 Å². The normalized spacial score (nSPS) is 23.7. The Balaban J connectivity index is 1.68. The van der Waals surface area contributed by atoms with Gasteiger partial charge in [0.05, 0.1) is 13.2 Å². The molecule has 2 saturated heterocycles. The molecule has 0 aliphatic carbocycles. The molecule has 43 heavy (non-hydrogen) atoms. The molecule has 2 aliphatic rings. The monoisotopic (exact) mass is 618 g/mol. The van der Waals surface area contributed by atoms with Crippen molar-refractivity contribution >= 4 is 35.5 Å². The van der Waals surface area contributed by atoms with E-state index in [0.29, 0.717) is 35.8 Å². The van der Waals surface area contributed by atoms with E-state index in [9.17, 15) is 19.2 Å². The molecule has 11 nitrogen and oxygen atoms in total. The van der Waals surface area contributed by atoms with Gasteiger partial charge in [-0.2, -0.15) is 0 Å². The highest BCUT2D eigenvalue weighted by Crippen LogP contribution is 2.42. The number of carbonyl (C=O) groups is 4. The predicted octanol–water partition coefficient (Wildman–Crippen LogP) is 3.90. The Labute approximate surface area is 254 Å². The molecule has 4 rings (SSSR count). The van der Waals surface area contributed by atoms with Crippen LogP contribution in [0.2, 0.25) is 5.02 Å². The molecule has 0 radical (unpaired) electrons. The first-order chi connectivity index (χ1) is 20.5. The molecule has 12 heteroatoms. The lowest BCUT2D eigenvalue weighted by Gasteiger charge is -2.27. The second-order valence-electron chi connectivity index (χ2n) is 10.4. The topological polar surface area (TPSA) is 133 Å². The lowest BCUT2D eigenvalue weighted by Crippen LogP contribution is -2.46. The number of hydrogen-bond donors (Lipinski definition) is 0. The van der Waals surface area contributed by atoms with Crippen LogP contribution in [0.5, 0.6) is 5.75 Å². The SMILES string of the molecule is CC(=O)OC[C@@H](OC(C)=O)[C@H]1O[C@H](c2cccc(Cl)c2Cc2ccc(O[C@H]3CCOC3)cc2)[C@H](OC(C)=O)[C@H]1OC(C)=O. The Bertz CT molecular complexity index is 1310. The van der Waals surface area contributed by atoms with Crippen LogP contribution in [0.15, 0.2) is 42.5 Å². The first kappa shape index (κ1) is 32.2. The van der Waals surface area contributed by atoms with Gasteiger partial charge < -0.3 is 33.2 Å². The number of halogens is 1. The fraction of sp³-hybridized carbons (Fsp3) is 0.484. The van der Waals surface area contributed by atoms with Gasteiger partial charge in [0.25, 0.3) is 0 Å². The molecule has 0 amide bonds. The third-order valence-corrected chi connectivity index (χ3v) is 7.30. The molecule has 0 spiro atoms. The van der Waals surface area contributed by atoms with E-state index in [2.05, 4.69) is 0 Å². The van der Waals surface area contributed by atoms with Gasteiger partial charge in [0.15, 0.2) is 18.3 Å². The van der Waals surface area contributed by atoms with Gasteiger partial charge in [-0.15, -0.1) is 0 Å². The Kier molecular flexibility index (Phi) is 11.0. The summed E-state index contributed by atoms with van der Waals surface area (Å²) in [5.74, 6) is -1.89. The van der Waals surface area contributed by atoms with Crippen LogP contribution in [0, 0.1) is 0 Å². The summed E-state index contributed by atoms with van der Waals surface area (Å²) in [4.78, 5) is 48.0. The number of hydrogen-bond acceptors (Lipinski definition) is 11. The predicted molar refractivity (Wildman–Crippen MR) is 151 cm³/mol. The standard InChI is InChI=1S/C31H35ClO11/c1-17(33)38-16-27(39-18(2)34)29-31(41-20(4)36)30(40-19(3)35)28(43-29)24-6-5-7-26(32)25(24)14-21-8-10-22(11-9-21)42-23-12-13-37-15-23/h5-11,23,27-31H,12-16H2,1-4H3/t23-,27+,28+,29+,30-,31-/m0/s1. The number of esters is 4. The van der Waals surface area contributed by atoms with Crippen LogP contribution in [-0.4, -0.2) is 74.2 Å². The summed E-state index contributed by atoms with van der Waals surface area (Å²) in [7, 11) is 0. The van der Waals surface area contributed by atoms with E-state index < -0.39 is 54.4 Å². The summed E-state index contributed by atoms with van der Waals surface area (Å²) in [6, 6.07) is 12.9. The zero-order valence-corrected chi connectivity index (χ0v) is 25.2. The van der Waals surface area contributed by atoms with Crippen LogP contribution in [0.25, 0.3) is 0 Å². The van der Waals surface area contributed by atoms with Crippen LogP contribution < -0.4 is 4.74 Å². The zero-order valence-electron chi connectivity index (χ0n) is 24.4. The van der Waals surface area contributed by atoms with E-state index in [1.54, 1.807) is 18.2 Å². The molecule has 232 valence electrons. The van der Waals surface area contributed by atoms with Crippen LogP contribution in [0.4, 0.5) is 0 Å². The van der Waals surface area contributed by atoms with Gasteiger partial charge in [-0.1, -0.05) is 35.9 Å². The molecule has 2 aromatic rings. The van der Waals surface area contributed by atoms with Gasteiger partial charge in [-0.05, 0) is 41.3 Å². The van der Waals surface area contributed by atoms with Gasteiger partial charge in [0, 0.05) is 39.1 Å². The van der Waals surface area contributed by atoms with Crippen molar-refractivity contribution < 1.29 is 52.3 Å². The van der Waals surface area contributed by atoms with Gasteiger partial charge in [-0.25, -0.2) is 0 Å². The van der Waals surface area contributed by atoms with Crippen molar-refractivity contribution in [2.45, 2.75) is 77.2 Å². The van der Waals surface area contributed by atoms with Crippen molar-refractivity contribution in [1.82, 2.24) is 0 Å². The van der Waals surface area contributed by atoms with E-state index in [1.807, 2.05) is 24.3 Å². The van der Waals surface area contributed by atoms with Crippen LogP contribution >= 0.6 is 11.6 Å². The van der Waals surface area contributed by atoms with Crippen LogP contribution in [0.3, 0.4) is 0 Å². The maximum absolute atomic E-state index is 12.3. The van der Waals surface area contributed by atoms with Crippen molar-refractivity contribution in [3.05, 3.63) is 64.2 Å². The lowest BCUT2D eigenvalue weighted by atomic mass is 9.92. The van der Waals surface area contributed by atoms with E-state index >= 15 is 0 Å². The summed E-state index contributed by atoms with van der Waals surface area (Å²) in [6.45, 7) is 5.67. The highest BCUT2D eigenvalue weighted by atomic mass is 35.5. The minimum Gasteiger partial charge on any atom is -0.488 e. The molecular weight excluding hydrogens is 584 g/mol. The Morgan fingerprint density at radius 1 is 0.907 bits per heavy atom. The summed E-state index contributed by atoms with van der Waals surface area (Å²) in [6.07, 6.45) is -4.39. The summed E-state index contributed by atoms with van der Waals surface area (Å²) in [5, 5.41) is 0.440. The largest absolute Gasteiger partial charge is 0.488 e. The molecule has 0 aromatic heterocycles. The molecule has 2 fully saturated rings. The van der Waals surface area contributed by atoms with Crippen LogP contribution in [-0.2, 0) is 54.0 Å². The minimum atomic E-state index is -1.20. The fourth-order valence-electron chi connectivity index (χ4n) is 5.20. The third kappa shape index (κ3) is 8.68. The molecule has 6 atom stereocenters. The molecule has 2 aromatic carbocycles. The van der Waals surface area contributed by atoms with Gasteiger partial charge in [0.2, 0.25) is 0 Å². The molecule has 0 bridgehead atoms. The molecular formula is C31H35ClO11. The van der Waals surface area contributed by atoms with Crippen molar-refractivity contribution in [3.8, 4) is 5.75 Å². The molecule has 0 N–H and O–H groups in total. The lowest BCUT2D eigenvalue weighted by molar-refractivity contribution is -0.176. The first-order valence-corrected chi connectivity index (χ1v) is 14.3. The minimum absolute atomic E-state index is 0.0218. The van der Waals surface area contributed by atoms with Crippen LogP contribution in [0.1, 0.15) is 56.9 Å². The Morgan fingerprint density at radius 3 is 2.21 bits per heavy atom. The van der Waals surface area contributed by atoms with Crippen molar-refractivity contribution in [3.63, 3.8) is 0 Å². The maximum atomic E-state index is 12.3. The van der Waals surface area contributed by atoms with Crippen molar-refractivity contribution in [1.29, 1.82) is 0 Å². The van der Waals surface area contributed by atoms with E-state index in [1.165, 1.54) is 27.7 Å². The Morgan fingerprint density at radius 2 is 1.60 bits per heavy atom. The third-order valence-electron chi connectivity index (χ3n) is 6.94. The molecule has 2 aliphatic heterocycles. The zero-order chi connectivity index (χ0) is 31.1. The maximum Gasteiger partial charge on any atom is 0.303 e. The first-order valence-electron chi connectivity index (χ1n) is 13.9. The summed E-state index contributed by atoms with van der Waals surface area (Å²) >= 11 is 6.71. The molecule has 0 unspecified atom stereocenters. The van der Waals surface area contributed by atoms with Crippen molar-refractivity contribution in [2.24, 2.45) is 0 Å². The second kappa shape index (κ2) is 14.7. The highest BCUT2D eigenvalue weighted by Gasteiger charge is 2.54. The highest BCUT2D eigenvalue weighted by molar-refractivity contribution is 6.31.